The van der Waals surface area contributed by atoms with Crippen molar-refractivity contribution in [3.63, 3.8) is 0 Å². The van der Waals surface area contributed by atoms with E-state index in [1.54, 1.807) is 0 Å². The molecular formula is AlCrNdO8P2. The van der Waals surface area contributed by atoms with Gasteiger partial charge in [-0.2, -0.15) is 15.6 Å². The summed E-state index contributed by atoms with van der Waals surface area (Å²) in [6.45, 7) is 0. The summed E-state index contributed by atoms with van der Waals surface area (Å²) in [5, 5.41) is 0. The summed E-state index contributed by atoms with van der Waals surface area (Å²) in [6, 6.07) is 0. The molecular weight excluding hydrogens is 413 g/mol. The molecule has 8 nitrogen and oxygen atoms in total. The first kappa shape index (κ1) is 29.6. The zero-order valence-corrected chi connectivity index (χ0v) is 13.1. The molecule has 0 heterocycles. The topological polar surface area (TPSA) is 172 Å². The van der Waals surface area contributed by atoms with Gasteiger partial charge in [-0.3, -0.25) is 0 Å². The van der Waals surface area contributed by atoms with Gasteiger partial charge in [-0.25, -0.2) is 0 Å². The summed E-state index contributed by atoms with van der Waals surface area (Å²) in [6.07, 6.45) is 0. The van der Waals surface area contributed by atoms with Crippen molar-refractivity contribution in [1.82, 2.24) is 0 Å². The van der Waals surface area contributed by atoms with Crippen molar-refractivity contribution in [3.8, 4) is 0 Å². The minimum absolute atomic E-state index is 0. The third-order valence-corrected chi connectivity index (χ3v) is 0. The van der Waals surface area contributed by atoms with Crippen LogP contribution in [0.2, 0.25) is 0 Å². The molecule has 0 aliphatic carbocycles. The minimum Gasteiger partial charge on any atom is -0.822 e. The van der Waals surface area contributed by atoms with Crippen LogP contribution in [0, 0.1) is 40.8 Å². The number of rotatable bonds is 0. The number of hydrogen-bond acceptors (Lipinski definition) is 8. The maximum Gasteiger partial charge on any atom is 3.00 e. The van der Waals surface area contributed by atoms with Gasteiger partial charge in [0.25, 0.3) is 0 Å². The maximum atomic E-state index is 8.55. The molecule has 0 N–H and O–H groups in total. The molecule has 1 radical (unpaired) electrons. The summed E-state index contributed by atoms with van der Waals surface area (Å²) in [4.78, 5) is 51.3. The predicted octanol–water partition coefficient (Wildman–Crippen LogP) is -6.03. The van der Waals surface area contributed by atoms with Crippen molar-refractivity contribution < 1.29 is 96.7 Å². The SMILES string of the molecule is O=P([O-])([O-])[O-].O=P([O-])([O-])[O-].[Al+3].[Cr+3].[Nd]. The van der Waals surface area contributed by atoms with Crippen LogP contribution in [0.15, 0.2) is 0 Å². The molecule has 0 fully saturated rings. The molecule has 0 spiro atoms. The maximum absolute atomic E-state index is 8.55. The van der Waals surface area contributed by atoms with Crippen molar-refractivity contribution in [3.05, 3.63) is 0 Å². The summed E-state index contributed by atoms with van der Waals surface area (Å²) in [5.41, 5.74) is 0. The first-order valence-electron chi connectivity index (χ1n) is 1.46. The smallest absolute Gasteiger partial charge is 0.822 e. The molecule has 13 heteroatoms. The van der Waals surface area contributed by atoms with Gasteiger partial charge in [-0.1, -0.05) is 0 Å². The van der Waals surface area contributed by atoms with E-state index in [2.05, 4.69) is 0 Å². The van der Waals surface area contributed by atoms with Crippen LogP contribution in [0.1, 0.15) is 0 Å². The van der Waals surface area contributed by atoms with E-state index in [0.717, 1.165) is 0 Å². The Labute approximate surface area is 128 Å². The van der Waals surface area contributed by atoms with Crippen molar-refractivity contribution in [2.24, 2.45) is 0 Å². The Morgan fingerprint density at radius 2 is 0.692 bits per heavy atom. The van der Waals surface area contributed by atoms with Gasteiger partial charge in [0.2, 0.25) is 0 Å². The van der Waals surface area contributed by atoms with E-state index in [1.807, 2.05) is 0 Å². The van der Waals surface area contributed by atoms with Crippen LogP contribution >= 0.6 is 15.6 Å². The fourth-order valence-corrected chi connectivity index (χ4v) is 0. The first-order chi connectivity index (χ1) is 4.00. The van der Waals surface area contributed by atoms with E-state index in [9.17, 15) is 0 Å². The molecule has 13 heavy (non-hydrogen) atoms. The second kappa shape index (κ2) is 12.7. The Hall–Kier alpha value is 2.64. The van der Waals surface area contributed by atoms with Gasteiger partial charge in [-0.05, 0) is 0 Å². The molecule has 0 aromatic heterocycles. The molecule has 0 aliphatic rings. The van der Waals surface area contributed by atoms with E-state index in [0.29, 0.717) is 0 Å². The fraction of sp³-hybridized carbons (Fsp3) is 0. The van der Waals surface area contributed by atoms with Crippen LogP contribution in [0.3, 0.4) is 0 Å². The van der Waals surface area contributed by atoms with Gasteiger partial charge in [0.05, 0.1) is 0 Å². The largest absolute Gasteiger partial charge is 3.00 e. The Bertz CT molecular complexity index is 134. The molecule has 0 unspecified atom stereocenters. The van der Waals surface area contributed by atoms with Crippen molar-refractivity contribution in [2.45, 2.75) is 0 Å². The fourth-order valence-electron chi connectivity index (χ4n) is 0. The van der Waals surface area contributed by atoms with E-state index in [4.69, 9.17) is 38.5 Å². The monoisotopic (exact) mass is 411 g/mol. The predicted molar refractivity (Wildman–Crippen MR) is 21.0 cm³/mol. The minimum atomic E-state index is -5.39. The number of hydrogen-bond donors (Lipinski definition) is 0. The summed E-state index contributed by atoms with van der Waals surface area (Å²) in [5.74, 6) is 0. The first-order valence-corrected chi connectivity index (χ1v) is 4.38. The number of phosphoric acid groups is 2. The van der Waals surface area contributed by atoms with Gasteiger partial charge in [-0.15, -0.1) is 0 Å². The average molecular weight is 413 g/mol. The Kier molecular flexibility index (Phi) is 28.9. The van der Waals surface area contributed by atoms with E-state index < -0.39 is 15.6 Å². The van der Waals surface area contributed by atoms with Crippen LogP contribution in [0.4, 0.5) is 0 Å². The summed E-state index contributed by atoms with van der Waals surface area (Å²) >= 11 is 0. The second-order valence-corrected chi connectivity index (χ2v) is 2.68. The van der Waals surface area contributed by atoms with Crippen LogP contribution in [-0.4, -0.2) is 17.4 Å². The molecule has 0 rings (SSSR count). The van der Waals surface area contributed by atoms with Gasteiger partial charge in [0.1, 0.15) is 0 Å². The molecule has 0 aliphatic heterocycles. The molecule has 0 saturated carbocycles. The summed E-state index contributed by atoms with van der Waals surface area (Å²) < 4.78 is 17.1. The molecule has 0 saturated heterocycles. The zero-order chi connectivity index (χ0) is 9.00. The van der Waals surface area contributed by atoms with Gasteiger partial charge in [0, 0.05) is 40.8 Å². The average Bonchev–Trinajstić information content (AvgIpc) is 1.12. The van der Waals surface area contributed by atoms with Crippen molar-refractivity contribution in [1.29, 1.82) is 0 Å². The molecule has 0 amide bonds. The molecule has 0 bridgehead atoms. The molecule has 71 valence electrons. The zero-order valence-electron chi connectivity index (χ0n) is 5.65. The van der Waals surface area contributed by atoms with Crippen LogP contribution in [0.25, 0.3) is 0 Å². The Morgan fingerprint density at radius 1 is 0.692 bits per heavy atom. The van der Waals surface area contributed by atoms with Crippen molar-refractivity contribution in [2.75, 3.05) is 0 Å². The quantitative estimate of drug-likeness (QED) is 0.279. The third-order valence-electron chi connectivity index (χ3n) is 0. The van der Waals surface area contributed by atoms with E-state index in [1.165, 1.54) is 0 Å². The van der Waals surface area contributed by atoms with Crippen LogP contribution in [0.5, 0.6) is 0 Å². The second-order valence-electron chi connectivity index (χ2n) is 0.894. The Balaban J connectivity index is -0.0000000267. The van der Waals surface area contributed by atoms with E-state index >= 15 is 0 Å². The third kappa shape index (κ3) is 336. The standard InChI is InChI=1S/Al.Cr.Nd.2H3O4P/c;;;2*1-5(2,3)4/h;;;2*(H3,1,2,3,4)/q2*+3;;;/p-6. The van der Waals surface area contributed by atoms with Crippen LogP contribution < -0.4 is 29.4 Å². The molecule has 0 aromatic carbocycles. The molecule has 0 atom stereocenters. The van der Waals surface area contributed by atoms with Gasteiger partial charge >= 0.3 is 34.7 Å². The molecule has 0 aromatic rings. The Morgan fingerprint density at radius 3 is 0.692 bits per heavy atom. The summed E-state index contributed by atoms with van der Waals surface area (Å²) in [7, 11) is -10.8. The van der Waals surface area contributed by atoms with E-state index in [-0.39, 0.29) is 75.6 Å². The van der Waals surface area contributed by atoms with Crippen LogP contribution in [-0.2, 0) is 26.5 Å². The normalized spacial score (nSPS) is 9.08. The van der Waals surface area contributed by atoms with Gasteiger partial charge < -0.3 is 38.5 Å². The van der Waals surface area contributed by atoms with Crippen molar-refractivity contribution >= 4 is 33.0 Å². The van der Waals surface area contributed by atoms with Gasteiger partial charge in [0.15, 0.2) is 0 Å².